The van der Waals surface area contributed by atoms with Crippen LogP contribution < -0.4 is 10.6 Å². The molecular formula is C16H21N5O2. The summed E-state index contributed by atoms with van der Waals surface area (Å²) in [5, 5.41) is 12.4. The van der Waals surface area contributed by atoms with Crippen LogP contribution in [-0.4, -0.2) is 33.0 Å². The van der Waals surface area contributed by atoms with Crippen molar-refractivity contribution < 1.29 is 9.59 Å². The summed E-state index contributed by atoms with van der Waals surface area (Å²) in [6.45, 7) is 6.98. The van der Waals surface area contributed by atoms with E-state index in [1.165, 1.54) is 6.92 Å². The fourth-order valence-electron chi connectivity index (χ4n) is 2.18. The first-order chi connectivity index (χ1) is 10.9. The Balaban J connectivity index is 2.16. The maximum atomic E-state index is 12.4. The number of H-pyrrole nitrogens is 1. The minimum absolute atomic E-state index is 0.0160. The lowest BCUT2D eigenvalue weighted by Gasteiger charge is -2.21. The molecule has 2 rings (SSSR count). The van der Waals surface area contributed by atoms with Crippen LogP contribution in [0.2, 0.25) is 0 Å². The smallest absolute Gasteiger partial charge is 0.247 e. The van der Waals surface area contributed by atoms with Crippen molar-refractivity contribution in [1.82, 2.24) is 20.5 Å². The van der Waals surface area contributed by atoms with E-state index in [0.717, 1.165) is 11.4 Å². The van der Waals surface area contributed by atoms with Gasteiger partial charge >= 0.3 is 0 Å². The van der Waals surface area contributed by atoms with Gasteiger partial charge in [-0.05, 0) is 25.0 Å². The predicted molar refractivity (Wildman–Crippen MR) is 87.6 cm³/mol. The molecule has 1 aromatic heterocycles. The van der Waals surface area contributed by atoms with Crippen LogP contribution in [0.1, 0.15) is 26.6 Å². The lowest BCUT2D eigenvalue weighted by molar-refractivity contribution is -0.126. The molecule has 0 spiro atoms. The Morgan fingerprint density at radius 1 is 1.26 bits per heavy atom. The first-order valence-corrected chi connectivity index (χ1v) is 7.44. The first-order valence-electron chi connectivity index (χ1n) is 7.44. The van der Waals surface area contributed by atoms with E-state index in [4.69, 9.17) is 0 Å². The van der Waals surface area contributed by atoms with Crippen LogP contribution in [0.15, 0.2) is 24.3 Å². The molecule has 0 saturated carbocycles. The lowest BCUT2D eigenvalue weighted by atomic mass is 10.0. The number of carbonyl (C=O) groups is 2. The number of nitrogens with zero attached hydrogens (tertiary/aromatic N) is 2. The van der Waals surface area contributed by atoms with Crippen molar-refractivity contribution in [3.05, 3.63) is 30.1 Å². The van der Waals surface area contributed by atoms with Crippen LogP contribution >= 0.6 is 0 Å². The molecule has 1 atom stereocenters. The van der Waals surface area contributed by atoms with E-state index in [9.17, 15) is 9.59 Å². The van der Waals surface area contributed by atoms with Gasteiger partial charge in [0.15, 0.2) is 5.82 Å². The summed E-state index contributed by atoms with van der Waals surface area (Å²) in [4.78, 5) is 27.9. The maximum Gasteiger partial charge on any atom is 0.247 e. The molecule has 0 radical (unpaired) electrons. The number of hydrogen-bond acceptors (Lipinski definition) is 4. The van der Waals surface area contributed by atoms with Gasteiger partial charge in [0, 0.05) is 18.2 Å². The highest BCUT2D eigenvalue weighted by Crippen LogP contribution is 2.19. The molecule has 0 aliphatic heterocycles. The van der Waals surface area contributed by atoms with E-state index in [0.29, 0.717) is 11.5 Å². The van der Waals surface area contributed by atoms with E-state index in [-0.39, 0.29) is 17.7 Å². The number of rotatable bonds is 5. The van der Waals surface area contributed by atoms with Gasteiger partial charge < -0.3 is 10.6 Å². The highest BCUT2D eigenvalue weighted by Gasteiger charge is 2.23. The number of aromatic nitrogens is 3. The second-order valence-electron chi connectivity index (χ2n) is 5.74. The summed E-state index contributed by atoms with van der Waals surface area (Å²) in [5.41, 5.74) is 1.43. The van der Waals surface area contributed by atoms with Crippen LogP contribution in [0.4, 0.5) is 5.69 Å². The molecule has 23 heavy (non-hydrogen) atoms. The summed E-state index contributed by atoms with van der Waals surface area (Å²) in [6.07, 6.45) is 0. The number of benzene rings is 1. The van der Waals surface area contributed by atoms with Crippen LogP contribution in [-0.2, 0) is 9.59 Å². The van der Waals surface area contributed by atoms with Gasteiger partial charge in [0.1, 0.15) is 11.9 Å². The number of aryl methyl sites for hydroxylation is 1. The van der Waals surface area contributed by atoms with Crippen molar-refractivity contribution in [2.24, 2.45) is 5.92 Å². The van der Waals surface area contributed by atoms with Gasteiger partial charge in [-0.1, -0.05) is 26.0 Å². The Labute approximate surface area is 134 Å². The predicted octanol–water partition coefficient (Wildman–Crippen LogP) is 1.88. The molecule has 0 bridgehead atoms. The van der Waals surface area contributed by atoms with Gasteiger partial charge in [-0.2, -0.15) is 5.10 Å². The topological polar surface area (TPSA) is 99.8 Å². The number of anilines is 1. The fourth-order valence-corrected chi connectivity index (χ4v) is 2.18. The van der Waals surface area contributed by atoms with Crippen LogP contribution in [0.3, 0.4) is 0 Å². The second-order valence-corrected chi connectivity index (χ2v) is 5.74. The average Bonchev–Trinajstić information content (AvgIpc) is 2.91. The highest BCUT2D eigenvalue weighted by atomic mass is 16.2. The van der Waals surface area contributed by atoms with Crippen molar-refractivity contribution in [1.29, 1.82) is 0 Å². The number of carbonyl (C=O) groups excluding carboxylic acids is 2. The molecule has 7 heteroatoms. The van der Waals surface area contributed by atoms with Gasteiger partial charge in [0.25, 0.3) is 0 Å². The molecule has 1 aromatic carbocycles. The quantitative estimate of drug-likeness (QED) is 0.784. The Bertz CT molecular complexity index is 708. The average molecular weight is 315 g/mol. The van der Waals surface area contributed by atoms with Crippen LogP contribution in [0.25, 0.3) is 11.4 Å². The summed E-state index contributed by atoms with van der Waals surface area (Å²) in [6, 6.07) is 6.69. The SMILES string of the molecule is CC(=O)NC(C(=O)Nc1cccc(-c2n[nH]c(C)n2)c1)C(C)C. The summed E-state index contributed by atoms with van der Waals surface area (Å²) >= 11 is 0. The highest BCUT2D eigenvalue weighted by molar-refractivity contribution is 5.97. The minimum Gasteiger partial charge on any atom is -0.344 e. The Hall–Kier alpha value is -2.70. The first kappa shape index (κ1) is 16.7. The summed E-state index contributed by atoms with van der Waals surface area (Å²) < 4.78 is 0. The second kappa shape index (κ2) is 7.04. The van der Waals surface area contributed by atoms with Gasteiger partial charge in [0.05, 0.1) is 0 Å². The van der Waals surface area contributed by atoms with Crippen molar-refractivity contribution in [3.8, 4) is 11.4 Å². The van der Waals surface area contributed by atoms with Gasteiger partial charge in [-0.15, -0.1) is 0 Å². The van der Waals surface area contributed by atoms with Crippen molar-refractivity contribution in [2.45, 2.75) is 33.7 Å². The molecule has 2 amide bonds. The molecule has 1 heterocycles. The lowest BCUT2D eigenvalue weighted by Crippen LogP contribution is -2.46. The Morgan fingerprint density at radius 3 is 2.57 bits per heavy atom. The Kier molecular flexibility index (Phi) is 5.10. The largest absolute Gasteiger partial charge is 0.344 e. The van der Waals surface area contributed by atoms with Crippen molar-refractivity contribution >= 4 is 17.5 Å². The zero-order valence-corrected chi connectivity index (χ0v) is 13.7. The van der Waals surface area contributed by atoms with Crippen molar-refractivity contribution in [2.75, 3.05) is 5.32 Å². The van der Waals surface area contributed by atoms with E-state index < -0.39 is 6.04 Å². The molecule has 0 saturated heterocycles. The van der Waals surface area contributed by atoms with Crippen molar-refractivity contribution in [3.63, 3.8) is 0 Å². The van der Waals surface area contributed by atoms with E-state index >= 15 is 0 Å². The van der Waals surface area contributed by atoms with E-state index in [2.05, 4.69) is 25.8 Å². The standard InChI is InChI=1S/C16H21N5O2/c1-9(2)14(18-11(4)22)16(23)19-13-7-5-6-12(8-13)15-17-10(3)20-21-15/h5-9,14H,1-4H3,(H,18,22)(H,19,23)(H,17,20,21). The molecular weight excluding hydrogens is 294 g/mol. The molecule has 2 aromatic rings. The molecule has 0 aliphatic carbocycles. The zero-order valence-electron chi connectivity index (χ0n) is 13.7. The Morgan fingerprint density at radius 2 is 2.00 bits per heavy atom. The normalized spacial score (nSPS) is 12.0. The summed E-state index contributed by atoms with van der Waals surface area (Å²) in [7, 11) is 0. The minimum atomic E-state index is -0.582. The van der Waals surface area contributed by atoms with Gasteiger partial charge in [0.2, 0.25) is 11.8 Å². The molecule has 122 valence electrons. The number of hydrogen-bond donors (Lipinski definition) is 3. The molecule has 0 aliphatic rings. The summed E-state index contributed by atoms with van der Waals surface area (Å²) in [5.74, 6) is 0.792. The van der Waals surface area contributed by atoms with Gasteiger partial charge in [-0.25, -0.2) is 4.98 Å². The molecule has 0 fully saturated rings. The molecule has 7 nitrogen and oxygen atoms in total. The maximum absolute atomic E-state index is 12.4. The van der Waals surface area contributed by atoms with E-state index in [1.54, 1.807) is 12.1 Å². The van der Waals surface area contributed by atoms with E-state index in [1.807, 2.05) is 32.9 Å². The van der Waals surface area contributed by atoms with Gasteiger partial charge in [-0.3, -0.25) is 14.7 Å². The van der Waals surface area contributed by atoms with Crippen LogP contribution in [0.5, 0.6) is 0 Å². The third kappa shape index (κ3) is 4.38. The fraction of sp³-hybridized carbons (Fsp3) is 0.375. The number of amides is 2. The number of aromatic amines is 1. The molecule has 3 N–H and O–H groups in total. The molecule has 1 unspecified atom stereocenters. The third-order valence-corrected chi connectivity index (χ3v) is 3.29. The third-order valence-electron chi connectivity index (χ3n) is 3.29. The monoisotopic (exact) mass is 315 g/mol. The number of nitrogens with one attached hydrogen (secondary N) is 3. The van der Waals surface area contributed by atoms with Crippen LogP contribution in [0, 0.1) is 12.8 Å². The zero-order chi connectivity index (χ0) is 17.0.